The number of fused-ring (bicyclic) bond motifs is 1. The molecule has 3 N–H and O–H groups in total. The molecule has 16 heavy (non-hydrogen) atoms. The van der Waals surface area contributed by atoms with Crippen LogP contribution in [0.15, 0.2) is 23.2 Å². The van der Waals surface area contributed by atoms with Crippen LogP contribution in [0, 0.1) is 5.92 Å². The van der Waals surface area contributed by atoms with Crippen molar-refractivity contribution in [3.8, 4) is 0 Å². The summed E-state index contributed by atoms with van der Waals surface area (Å²) in [6.45, 7) is 4.48. The molecule has 1 aromatic carbocycles. The minimum absolute atomic E-state index is 0.724. The standard InChI is InChI=1S/C12H17N3S/c1-3-8(2)7-16-12-5-11-9(4-10(12)13)6-14-15-11/h4-6,8H,3,7,13H2,1-2H3,(H,14,15). The molecule has 86 valence electrons. The number of nitrogens with one attached hydrogen (secondary N) is 1. The van der Waals surface area contributed by atoms with Crippen molar-refractivity contribution in [1.82, 2.24) is 10.2 Å². The number of nitrogens with two attached hydrogens (primary N) is 1. The van der Waals surface area contributed by atoms with Crippen LogP contribution in [0.5, 0.6) is 0 Å². The smallest absolute Gasteiger partial charge is 0.0662 e. The highest BCUT2D eigenvalue weighted by atomic mass is 32.2. The lowest BCUT2D eigenvalue weighted by atomic mass is 10.2. The van der Waals surface area contributed by atoms with E-state index in [9.17, 15) is 0 Å². The molecule has 0 aliphatic heterocycles. The first-order valence-electron chi connectivity index (χ1n) is 5.56. The summed E-state index contributed by atoms with van der Waals surface area (Å²) in [4.78, 5) is 1.15. The van der Waals surface area contributed by atoms with E-state index in [0.29, 0.717) is 0 Å². The summed E-state index contributed by atoms with van der Waals surface area (Å²) in [6.07, 6.45) is 3.01. The molecular weight excluding hydrogens is 218 g/mol. The number of nitrogens with zero attached hydrogens (tertiary/aromatic N) is 1. The lowest BCUT2D eigenvalue weighted by Gasteiger charge is -2.09. The maximum atomic E-state index is 6.01. The number of aromatic nitrogens is 2. The zero-order valence-electron chi connectivity index (χ0n) is 9.66. The normalized spacial score (nSPS) is 13.1. The van der Waals surface area contributed by atoms with Gasteiger partial charge in [0.25, 0.3) is 0 Å². The Kier molecular flexibility index (Phi) is 3.39. The van der Waals surface area contributed by atoms with Crippen molar-refractivity contribution in [2.45, 2.75) is 25.2 Å². The molecule has 0 radical (unpaired) electrons. The summed E-state index contributed by atoms with van der Waals surface area (Å²) in [5.74, 6) is 1.84. The first-order valence-corrected chi connectivity index (χ1v) is 6.54. The quantitative estimate of drug-likeness (QED) is 0.631. The molecule has 1 unspecified atom stereocenters. The number of rotatable bonds is 4. The van der Waals surface area contributed by atoms with Gasteiger partial charge in [-0.3, -0.25) is 5.10 Å². The van der Waals surface area contributed by atoms with E-state index in [4.69, 9.17) is 5.73 Å². The molecule has 0 aliphatic carbocycles. The van der Waals surface area contributed by atoms with Gasteiger partial charge >= 0.3 is 0 Å². The van der Waals surface area contributed by atoms with Gasteiger partial charge in [0.1, 0.15) is 0 Å². The van der Waals surface area contributed by atoms with Gasteiger partial charge in [-0.2, -0.15) is 5.10 Å². The highest BCUT2D eigenvalue weighted by Gasteiger charge is 2.06. The molecule has 2 aromatic rings. The van der Waals surface area contributed by atoms with Gasteiger partial charge in [0.15, 0.2) is 0 Å². The molecule has 0 bridgehead atoms. The van der Waals surface area contributed by atoms with Gasteiger partial charge < -0.3 is 5.73 Å². The topological polar surface area (TPSA) is 54.7 Å². The van der Waals surface area contributed by atoms with Crippen molar-refractivity contribution < 1.29 is 0 Å². The van der Waals surface area contributed by atoms with Crippen LogP contribution < -0.4 is 5.73 Å². The van der Waals surface area contributed by atoms with E-state index >= 15 is 0 Å². The minimum Gasteiger partial charge on any atom is -0.398 e. The van der Waals surface area contributed by atoms with Crippen LogP contribution in [0.1, 0.15) is 20.3 Å². The van der Waals surface area contributed by atoms with Crippen LogP contribution in [0.4, 0.5) is 5.69 Å². The second-order valence-electron chi connectivity index (χ2n) is 4.17. The third kappa shape index (κ3) is 2.32. The largest absolute Gasteiger partial charge is 0.398 e. The summed E-state index contributed by atoms with van der Waals surface area (Å²) < 4.78 is 0. The molecular formula is C12H17N3S. The minimum atomic E-state index is 0.724. The predicted octanol–water partition coefficient (Wildman–Crippen LogP) is 3.28. The summed E-state index contributed by atoms with van der Waals surface area (Å²) in [5, 5.41) is 8.05. The monoisotopic (exact) mass is 235 g/mol. The Morgan fingerprint density at radius 3 is 3.06 bits per heavy atom. The van der Waals surface area contributed by atoms with Crippen molar-refractivity contribution >= 4 is 28.4 Å². The molecule has 1 atom stereocenters. The fourth-order valence-corrected chi connectivity index (χ4v) is 2.59. The molecule has 0 aliphatic rings. The number of H-pyrrole nitrogens is 1. The number of aromatic amines is 1. The molecule has 2 rings (SSSR count). The second kappa shape index (κ2) is 4.78. The van der Waals surface area contributed by atoms with Crippen molar-refractivity contribution in [3.63, 3.8) is 0 Å². The molecule has 0 amide bonds. The Morgan fingerprint density at radius 2 is 2.31 bits per heavy atom. The lowest BCUT2D eigenvalue weighted by Crippen LogP contribution is -1.96. The van der Waals surface area contributed by atoms with E-state index in [1.165, 1.54) is 6.42 Å². The molecule has 0 fully saturated rings. The summed E-state index contributed by atoms with van der Waals surface area (Å²) >= 11 is 1.83. The highest BCUT2D eigenvalue weighted by Crippen LogP contribution is 2.30. The third-order valence-electron chi connectivity index (χ3n) is 2.79. The van der Waals surface area contributed by atoms with Crippen molar-refractivity contribution in [2.75, 3.05) is 11.5 Å². The van der Waals surface area contributed by atoms with Gasteiger partial charge in [0.05, 0.1) is 11.7 Å². The fourth-order valence-electron chi connectivity index (χ4n) is 1.46. The molecule has 0 saturated heterocycles. The van der Waals surface area contributed by atoms with E-state index in [2.05, 4.69) is 30.1 Å². The number of thioether (sulfide) groups is 1. The van der Waals surface area contributed by atoms with E-state index < -0.39 is 0 Å². The molecule has 3 nitrogen and oxygen atoms in total. The number of anilines is 1. The average molecular weight is 235 g/mol. The molecule has 1 heterocycles. The van der Waals surface area contributed by atoms with Gasteiger partial charge in [-0.05, 0) is 18.1 Å². The third-order valence-corrected chi connectivity index (χ3v) is 4.19. The predicted molar refractivity (Wildman–Crippen MR) is 70.7 cm³/mol. The van der Waals surface area contributed by atoms with Gasteiger partial charge in [-0.1, -0.05) is 20.3 Å². The van der Waals surface area contributed by atoms with E-state index in [-0.39, 0.29) is 0 Å². The maximum Gasteiger partial charge on any atom is 0.0662 e. The van der Waals surface area contributed by atoms with Crippen LogP contribution in [0.3, 0.4) is 0 Å². The van der Waals surface area contributed by atoms with Crippen LogP contribution in [0.2, 0.25) is 0 Å². The Balaban J connectivity index is 2.19. The average Bonchev–Trinajstić information content (AvgIpc) is 2.72. The number of hydrogen-bond donors (Lipinski definition) is 2. The fraction of sp³-hybridized carbons (Fsp3) is 0.417. The molecule has 4 heteroatoms. The Bertz CT molecular complexity index is 478. The van der Waals surface area contributed by atoms with E-state index in [1.807, 2.05) is 17.8 Å². The number of benzene rings is 1. The van der Waals surface area contributed by atoms with E-state index in [0.717, 1.165) is 33.2 Å². The van der Waals surface area contributed by atoms with Crippen molar-refractivity contribution in [3.05, 3.63) is 18.3 Å². The van der Waals surface area contributed by atoms with E-state index in [1.54, 1.807) is 6.20 Å². The molecule has 1 aromatic heterocycles. The van der Waals surface area contributed by atoms with Gasteiger partial charge in [-0.15, -0.1) is 11.8 Å². The lowest BCUT2D eigenvalue weighted by molar-refractivity contribution is 0.637. The van der Waals surface area contributed by atoms with Gasteiger partial charge in [-0.25, -0.2) is 0 Å². The van der Waals surface area contributed by atoms with Crippen LogP contribution >= 0.6 is 11.8 Å². The van der Waals surface area contributed by atoms with Crippen LogP contribution in [-0.2, 0) is 0 Å². The summed E-state index contributed by atoms with van der Waals surface area (Å²) in [5.41, 5.74) is 7.92. The zero-order chi connectivity index (χ0) is 11.5. The zero-order valence-corrected chi connectivity index (χ0v) is 10.5. The van der Waals surface area contributed by atoms with Crippen LogP contribution in [0.25, 0.3) is 10.9 Å². The van der Waals surface area contributed by atoms with Crippen molar-refractivity contribution in [2.24, 2.45) is 5.92 Å². The first-order chi connectivity index (χ1) is 7.70. The second-order valence-corrected chi connectivity index (χ2v) is 5.23. The van der Waals surface area contributed by atoms with Gasteiger partial charge in [0, 0.05) is 21.7 Å². The van der Waals surface area contributed by atoms with Gasteiger partial charge in [0.2, 0.25) is 0 Å². The Hall–Kier alpha value is -1.16. The Labute approximate surface area is 99.8 Å². The molecule has 0 saturated carbocycles. The number of nitrogen functional groups attached to an aromatic ring is 1. The first kappa shape index (κ1) is 11.3. The highest BCUT2D eigenvalue weighted by molar-refractivity contribution is 7.99. The van der Waals surface area contributed by atoms with Crippen molar-refractivity contribution in [1.29, 1.82) is 0 Å². The number of hydrogen-bond acceptors (Lipinski definition) is 3. The SMILES string of the molecule is CCC(C)CSc1cc2[nH]ncc2cc1N. The van der Waals surface area contributed by atoms with Crippen LogP contribution in [-0.4, -0.2) is 16.0 Å². The summed E-state index contributed by atoms with van der Waals surface area (Å²) in [6, 6.07) is 4.07. The maximum absolute atomic E-state index is 6.01. The summed E-state index contributed by atoms with van der Waals surface area (Å²) in [7, 11) is 0. The Morgan fingerprint density at radius 1 is 1.50 bits per heavy atom. The molecule has 0 spiro atoms.